The van der Waals surface area contributed by atoms with Crippen LogP contribution in [0.1, 0.15) is 61.1 Å². The van der Waals surface area contributed by atoms with Gasteiger partial charge in [0.25, 0.3) is 5.56 Å². The number of nitrogens with zero attached hydrogens (tertiary/aromatic N) is 1. The minimum absolute atomic E-state index is 0.275. The zero-order chi connectivity index (χ0) is 25.4. The van der Waals surface area contributed by atoms with E-state index in [4.69, 9.17) is 13.9 Å². The van der Waals surface area contributed by atoms with Gasteiger partial charge in [-0.25, -0.2) is 4.79 Å². The molecule has 0 spiro atoms. The van der Waals surface area contributed by atoms with Gasteiger partial charge in [-0.05, 0) is 34.8 Å². The van der Waals surface area contributed by atoms with Gasteiger partial charge in [-0.1, -0.05) is 57.5 Å². The Hall–Kier alpha value is -1.75. The van der Waals surface area contributed by atoms with Gasteiger partial charge in [0.05, 0.1) is 17.5 Å². The molecule has 1 aromatic heterocycles. The van der Waals surface area contributed by atoms with E-state index in [1.165, 1.54) is 11.5 Å². The Labute approximate surface area is 209 Å². The van der Waals surface area contributed by atoms with E-state index in [-0.39, 0.29) is 13.0 Å². The lowest BCUT2D eigenvalue weighted by Gasteiger charge is -2.42. The Bertz CT molecular complexity index is 1140. The molecule has 8 nitrogen and oxygen atoms in total. The third-order valence-corrected chi connectivity index (χ3v) is 13.5. The molecule has 2 aromatic rings. The maximum Gasteiger partial charge on any atom is 0.330 e. The number of carbonyl (C=O) groups excluding carboxylic acids is 1. The molecule has 0 radical (unpaired) electrons. The minimum Gasteiger partial charge on any atom is -0.460 e. The second-order valence-corrected chi connectivity index (χ2v) is 16.3. The summed E-state index contributed by atoms with van der Waals surface area (Å²) in [5.41, 5.74) is 0.598. The van der Waals surface area contributed by atoms with E-state index < -0.39 is 44.0 Å². The normalized spacial score (nSPS) is 21.2. The van der Waals surface area contributed by atoms with Crippen molar-refractivity contribution >= 4 is 41.1 Å². The number of H-pyrrole nitrogens is 1. The maximum absolute atomic E-state index is 12.8. The Kier molecular flexibility index (Phi) is 8.27. The number of halogens is 1. The second-order valence-electron chi connectivity index (χ2n) is 9.93. The van der Waals surface area contributed by atoms with Crippen LogP contribution in [-0.2, 0) is 18.7 Å². The number of hydrogen-bond donors (Lipinski definition) is 1. The van der Waals surface area contributed by atoms with Crippen LogP contribution in [0.2, 0.25) is 16.6 Å². The van der Waals surface area contributed by atoms with Crippen LogP contribution in [-0.4, -0.2) is 42.7 Å². The molecule has 1 N–H and O–H groups in total. The van der Waals surface area contributed by atoms with Crippen LogP contribution in [0.4, 0.5) is 0 Å². The Morgan fingerprint density at radius 1 is 1.18 bits per heavy atom. The Morgan fingerprint density at radius 2 is 1.79 bits per heavy atom. The fourth-order valence-corrected chi connectivity index (χ4v) is 11.4. The van der Waals surface area contributed by atoms with Crippen LogP contribution in [0.25, 0.3) is 10.9 Å². The molecule has 188 valence electrons. The molecule has 1 fully saturated rings. The first-order valence-corrected chi connectivity index (χ1v) is 14.7. The van der Waals surface area contributed by atoms with Crippen LogP contribution in [0, 0.1) is 0 Å². The van der Waals surface area contributed by atoms with E-state index in [0.29, 0.717) is 27.5 Å². The third-order valence-electron chi connectivity index (χ3n) is 6.89. The average Bonchev–Trinajstić information content (AvgIpc) is 3.09. The molecule has 2 heterocycles. The highest BCUT2D eigenvalue weighted by molar-refractivity contribution is 9.10. The van der Waals surface area contributed by atoms with Crippen LogP contribution >= 0.6 is 15.9 Å². The lowest BCUT2D eigenvalue weighted by molar-refractivity contribution is -0.150. The van der Waals surface area contributed by atoms with Gasteiger partial charge in [0.15, 0.2) is 8.32 Å². The highest BCUT2D eigenvalue weighted by Gasteiger charge is 2.47. The molecule has 0 bridgehead atoms. The van der Waals surface area contributed by atoms with Gasteiger partial charge in [-0.15, -0.1) is 0 Å². The largest absolute Gasteiger partial charge is 0.460 e. The number of ether oxygens (including phenoxy) is 2. The first kappa shape index (κ1) is 26.8. The van der Waals surface area contributed by atoms with Crippen LogP contribution in [0.3, 0.4) is 0 Å². The van der Waals surface area contributed by atoms with Gasteiger partial charge < -0.3 is 13.9 Å². The van der Waals surface area contributed by atoms with Crippen molar-refractivity contribution in [3.63, 3.8) is 0 Å². The summed E-state index contributed by atoms with van der Waals surface area (Å²) in [5, 5.41) is 0.368. The molecule has 34 heavy (non-hydrogen) atoms. The standard InChI is InChI=1S/C24H35BrN2O6Si/c1-13(2)34(14(3)4,15(5)6)31-12-21-20(32-16(7)28)11-22(33-21)27-19-9-8-17(25)10-18(19)23(29)26-24(27)30/h8-10,13-15,20-22H,11-12H2,1-7H3,(H,26,29,30)/t20-,21+,22-/m0/s1. The Balaban J connectivity index is 1.97. The van der Waals surface area contributed by atoms with Crippen LogP contribution in [0.15, 0.2) is 32.3 Å². The number of esters is 1. The Morgan fingerprint density at radius 3 is 2.35 bits per heavy atom. The highest BCUT2D eigenvalue weighted by atomic mass is 79.9. The molecule has 10 heteroatoms. The number of nitrogens with one attached hydrogen (secondary N) is 1. The monoisotopic (exact) mass is 554 g/mol. The summed E-state index contributed by atoms with van der Waals surface area (Å²) in [5.74, 6) is -0.415. The number of aromatic nitrogens is 2. The van der Waals surface area contributed by atoms with Crippen LogP contribution in [0.5, 0.6) is 0 Å². The molecule has 1 aromatic carbocycles. The summed E-state index contributed by atoms with van der Waals surface area (Å²) in [4.78, 5) is 39.4. The van der Waals surface area contributed by atoms with Gasteiger partial charge in [0, 0.05) is 17.8 Å². The molecule has 0 unspecified atom stereocenters. The molecule has 0 amide bonds. The number of carbonyl (C=O) groups is 1. The summed E-state index contributed by atoms with van der Waals surface area (Å²) < 4.78 is 20.8. The number of aromatic amines is 1. The lowest BCUT2D eigenvalue weighted by Crippen LogP contribution is -2.50. The van der Waals surface area contributed by atoms with Crippen molar-refractivity contribution in [2.45, 2.75) is 89.9 Å². The van der Waals surface area contributed by atoms with Gasteiger partial charge in [-0.3, -0.25) is 19.1 Å². The van der Waals surface area contributed by atoms with E-state index in [1.54, 1.807) is 18.2 Å². The van der Waals surface area contributed by atoms with E-state index in [9.17, 15) is 14.4 Å². The van der Waals surface area contributed by atoms with Gasteiger partial charge in [-0.2, -0.15) is 0 Å². The second kappa shape index (κ2) is 10.5. The number of rotatable bonds is 8. The fraction of sp³-hybridized carbons (Fsp3) is 0.625. The lowest BCUT2D eigenvalue weighted by atomic mass is 10.1. The first-order chi connectivity index (χ1) is 15.9. The van der Waals surface area contributed by atoms with Crippen molar-refractivity contribution < 1.29 is 18.7 Å². The summed E-state index contributed by atoms with van der Waals surface area (Å²) in [7, 11) is -2.18. The summed E-state index contributed by atoms with van der Waals surface area (Å²) in [6.45, 7) is 14.9. The third kappa shape index (κ3) is 5.10. The molecular weight excluding hydrogens is 520 g/mol. The van der Waals surface area contributed by atoms with Crippen LogP contribution < -0.4 is 11.2 Å². The SMILES string of the molecule is CC(=O)O[C@H]1C[C@@H](n2c(=O)[nH]c(=O)c3cc(Br)ccc32)O[C@@H]1CO[Si](C(C)C)(C(C)C)C(C)C. The van der Waals surface area contributed by atoms with Crippen molar-refractivity contribution in [3.8, 4) is 0 Å². The first-order valence-electron chi connectivity index (χ1n) is 11.8. The molecule has 1 aliphatic heterocycles. The fourth-order valence-electron chi connectivity index (χ4n) is 5.59. The minimum atomic E-state index is -2.18. The van der Waals surface area contributed by atoms with Crippen molar-refractivity contribution in [3.05, 3.63) is 43.5 Å². The predicted octanol–water partition coefficient (Wildman–Crippen LogP) is 4.86. The average molecular weight is 556 g/mol. The van der Waals surface area contributed by atoms with E-state index in [1.807, 2.05) is 0 Å². The molecule has 1 aliphatic rings. The molecule has 1 saturated heterocycles. The van der Waals surface area contributed by atoms with E-state index in [2.05, 4.69) is 62.5 Å². The molecular formula is C24H35BrN2O6Si. The van der Waals surface area contributed by atoms with Gasteiger partial charge in [0.1, 0.15) is 18.4 Å². The van der Waals surface area contributed by atoms with Crippen molar-refractivity contribution in [1.82, 2.24) is 9.55 Å². The molecule has 0 saturated carbocycles. The molecule has 3 atom stereocenters. The number of hydrogen-bond acceptors (Lipinski definition) is 6. The van der Waals surface area contributed by atoms with Crippen molar-refractivity contribution in [2.75, 3.05) is 6.61 Å². The number of benzene rings is 1. The predicted molar refractivity (Wildman–Crippen MR) is 138 cm³/mol. The zero-order valence-corrected chi connectivity index (χ0v) is 23.5. The summed E-state index contributed by atoms with van der Waals surface area (Å²) in [6.07, 6.45) is -1.52. The number of fused-ring (bicyclic) bond motifs is 1. The smallest absolute Gasteiger partial charge is 0.330 e. The topological polar surface area (TPSA) is 99.6 Å². The van der Waals surface area contributed by atoms with Gasteiger partial charge >= 0.3 is 11.7 Å². The van der Waals surface area contributed by atoms with E-state index in [0.717, 1.165) is 4.47 Å². The molecule has 3 rings (SSSR count). The summed E-state index contributed by atoms with van der Waals surface area (Å²) in [6, 6.07) is 5.14. The van der Waals surface area contributed by atoms with Gasteiger partial charge in [0.2, 0.25) is 0 Å². The summed E-state index contributed by atoms with van der Waals surface area (Å²) >= 11 is 3.37. The highest BCUT2D eigenvalue weighted by Crippen LogP contribution is 2.43. The van der Waals surface area contributed by atoms with Crippen molar-refractivity contribution in [1.29, 1.82) is 0 Å². The molecule has 0 aliphatic carbocycles. The zero-order valence-electron chi connectivity index (χ0n) is 20.9. The van der Waals surface area contributed by atoms with Crippen molar-refractivity contribution in [2.24, 2.45) is 0 Å². The van der Waals surface area contributed by atoms with E-state index >= 15 is 0 Å². The quantitative estimate of drug-likeness (QED) is 0.369. The maximum atomic E-state index is 12.8.